The first-order valence-electron chi connectivity index (χ1n) is 7.11. The minimum atomic E-state index is 0.606. The maximum Gasteiger partial charge on any atom is 0.164 e. The molecule has 0 atom stereocenters. The molecule has 2 aromatic carbocycles. The number of methoxy groups -OCH3 is 3. The molecule has 2 rings (SSSR count). The summed E-state index contributed by atoms with van der Waals surface area (Å²) in [7, 11) is 4.77. The van der Waals surface area contributed by atoms with Crippen LogP contribution in [0.25, 0.3) is 12.2 Å². The van der Waals surface area contributed by atoms with Crippen LogP contribution in [0.1, 0.15) is 22.3 Å². The zero-order chi connectivity index (χ0) is 16.8. The standard InChI is InChI=1S/C19H19NO3/c1-13-5-6-14(16(9-13)12-20)7-8-15-10-18(22-3)19(23-4)11-17(15)21-2/h5-11H,1-4H3. The van der Waals surface area contributed by atoms with Crippen molar-refractivity contribution in [1.29, 1.82) is 5.26 Å². The molecule has 0 aliphatic rings. The molecule has 23 heavy (non-hydrogen) atoms. The van der Waals surface area contributed by atoms with E-state index in [2.05, 4.69) is 6.07 Å². The second-order valence-corrected chi connectivity index (χ2v) is 4.98. The molecule has 2 aromatic rings. The molecule has 0 saturated heterocycles. The number of rotatable bonds is 5. The van der Waals surface area contributed by atoms with E-state index in [0.717, 1.165) is 16.7 Å². The van der Waals surface area contributed by atoms with Crippen molar-refractivity contribution in [3.63, 3.8) is 0 Å². The minimum Gasteiger partial charge on any atom is -0.496 e. The molecule has 0 radical (unpaired) electrons. The lowest BCUT2D eigenvalue weighted by Crippen LogP contribution is -1.94. The summed E-state index contributed by atoms with van der Waals surface area (Å²) in [6, 6.07) is 11.6. The van der Waals surface area contributed by atoms with Gasteiger partial charge in [-0.25, -0.2) is 0 Å². The summed E-state index contributed by atoms with van der Waals surface area (Å²) in [5, 5.41) is 9.25. The zero-order valence-electron chi connectivity index (χ0n) is 13.7. The van der Waals surface area contributed by atoms with Gasteiger partial charge in [-0.1, -0.05) is 24.3 Å². The van der Waals surface area contributed by atoms with Crippen molar-refractivity contribution in [2.75, 3.05) is 21.3 Å². The van der Waals surface area contributed by atoms with Gasteiger partial charge in [0.15, 0.2) is 11.5 Å². The van der Waals surface area contributed by atoms with Crippen molar-refractivity contribution in [3.05, 3.63) is 52.6 Å². The van der Waals surface area contributed by atoms with Crippen molar-refractivity contribution < 1.29 is 14.2 Å². The van der Waals surface area contributed by atoms with E-state index in [1.807, 2.05) is 43.3 Å². The normalized spacial score (nSPS) is 10.4. The molecule has 0 unspecified atom stereocenters. The minimum absolute atomic E-state index is 0.606. The molecule has 0 aliphatic heterocycles. The summed E-state index contributed by atoms with van der Waals surface area (Å²) in [6.07, 6.45) is 3.79. The molecule has 0 fully saturated rings. The highest BCUT2D eigenvalue weighted by Gasteiger charge is 2.10. The van der Waals surface area contributed by atoms with Gasteiger partial charge in [-0.3, -0.25) is 0 Å². The topological polar surface area (TPSA) is 51.5 Å². The molecule has 0 aromatic heterocycles. The van der Waals surface area contributed by atoms with Crippen LogP contribution in [0, 0.1) is 18.3 Å². The average Bonchev–Trinajstić information content (AvgIpc) is 2.59. The fourth-order valence-electron chi connectivity index (χ4n) is 2.27. The Kier molecular flexibility index (Phi) is 5.27. The molecule has 0 saturated carbocycles. The quantitative estimate of drug-likeness (QED) is 0.781. The van der Waals surface area contributed by atoms with E-state index in [-0.39, 0.29) is 0 Å². The molecule has 0 aliphatic carbocycles. The molecular weight excluding hydrogens is 290 g/mol. The summed E-state index contributed by atoms with van der Waals surface area (Å²) in [6.45, 7) is 1.96. The number of hydrogen-bond donors (Lipinski definition) is 0. The van der Waals surface area contributed by atoms with Crippen LogP contribution in [0.4, 0.5) is 0 Å². The van der Waals surface area contributed by atoms with Gasteiger partial charge in [0.1, 0.15) is 5.75 Å². The van der Waals surface area contributed by atoms with Gasteiger partial charge in [-0.2, -0.15) is 5.26 Å². The van der Waals surface area contributed by atoms with E-state index < -0.39 is 0 Å². The molecule has 0 bridgehead atoms. The Morgan fingerprint density at radius 3 is 2.04 bits per heavy atom. The SMILES string of the molecule is COc1cc(OC)c(OC)cc1C=Cc1ccc(C)cc1C#N. The second kappa shape index (κ2) is 7.37. The van der Waals surface area contributed by atoms with Crippen LogP contribution in [-0.2, 0) is 0 Å². The monoisotopic (exact) mass is 309 g/mol. The van der Waals surface area contributed by atoms with E-state index in [0.29, 0.717) is 22.8 Å². The maximum atomic E-state index is 9.25. The van der Waals surface area contributed by atoms with Gasteiger partial charge in [0, 0.05) is 11.6 Å². The third-order valence-corrected chi connectivity index (χ3v) is 3.51. The largest absolute Gasteiger partial charge is 0.496 e. The fourth-order valence-corrected chi connectivity index (χ4v) is 2.27. The maximum absolute atomic E-state index is 9.25. The number of ether oxygens (including phenoxy) is 3. The van der Waals surface area contributed by atoms with Crippen LogP contribution >= 0.6 is 0 Å². The number of aryl methyl sites for hydroxylation is 1. The Hall–Kier alpha value is -2.93. The van der Waals surface area contributed by atoms with Crippen molar-refractivity contribution in [1.82, 2.24) is 0 Å². The van der Waals surface area contributed by atoms with Gasteiger partial charge in [0.2, 0.25) is 0 Å². The van der Waals surface area contributed by atoms with Gasteiger partial charge >= 0.3 is 0 Å². The Morgan fingerprint density at radius 1 is 0.826 bits per heavy atom. The van der Waals surface area contributed by atoms with Gasteiger partial charge in [-0.15, -0.1) is 0 Å². The summed E-state index contributed by atoms with van der Waals surface area (Å²) in [5.74, 6) is 1.90. The Labute approximate surface area is 136 Å². The lowest BCUT2D eigenvalue weighted by molar-refractivity contribution is 0.348. The van der Waals surface area contributed by atoms with Crippen molar-refractivity contribution in [3.8, 4) is 23.3 Å². The molecule has 0 spiro atoms. The van der Waals surface area contributed by atoms with Crippen molar-refractivity contribution in [2.45, 2.75) is 6.92 Å². The zero-order valence-corrected chi connectivity index (χ0v) is 13.7. The average molecular weight is 309 g/mol. The summed E-state index contributed by atoms with van der Waals surface area (Å²) in [5.41, 5.74) is 3.40. The van der Waals surface area contributed by atoms with E-state index in [4.69, 9.17) is 14.2 Å². The third kappa shape index (κ3) is 3.64. The number of nitriles is 1. The fraction of sp³-hybridized carbons (Fsp3) is 0.211. The number of benzene rings is 2. The lowest BCUT2D eigenvalue weighted by atomic mass is 10.0. The highest BCUT2D eigenvalue weighted by molar-refractivity contribution is 5.76. The third-order valence-electron chi connectivity index (χ3n) is 3.51. The molecule has 0 amide bonds. The smallest absolute Gasteiger partial charge is 0.164 e. The van der Waals surface area contributed by atoms with Crippen LogP contribution in [0.15, 0.2) is 30.3 Å². The van der Waals surface area contributed by atoms with Gasteiger partial charge in [0.25, 0.3) is 0 Å². The molecule has 0 N–H and O–H groups in total. The predicted octanol–water partition coefficient (Wildman–Crippen LogP) is 4.06. The van der Waals surface area contributed by atoms with Crippen LogP contribution < -0.4 is 14.2 Å². The lowest BCUT2D eigenvalue weighted by Gasteiger charge is -2.12. The van der Waals surface area contributed by atoms with E-state index in [1.165, 1.54) is 0 Å². The highest BCUT2D eigenvalue weighted by atomic mass is 16.5. The second-order valence-electron chi connectivity index (χ2n) is 4.98. The Bertz CT molecular complexity index is 773. The van der Waals surface area contributed by atoms with Crippen molar-refractivity contribution in [2.24, 2.45) is 0 Å². The first-order chi connectivity index (χ1) is 11.1. The summed E-state index contributed by atoms with van der Waals surface area (Å²) in [4.78, 5) is 0. The molecule has 118 valence electrons. The Morgan fingerprint density at radius 2 is 1.43 bits per heavy atom. The Balaban J connectivity index is 2.45. The highest BCUT2D eigenvalue weighted by Crippen LogP contribution is 2.35. The first kappa shape index (κ1) is 16.4. The number of hydrogen-bond acceptors (Lipinski definition) is 4. The van der Waals surface area contributed by atoms with Gasteiger partial charge in [0.05, 0.1) is 33.0 Å². The van der Waals surface area contributed by atoms with Gasteiger partial charge < -0.3 is 14.2 Å². The van der Waals surface area contributed by atoms with Crippen molar-refractivity contribution >= 4 is 12.2 Å². The van der Waals surface area contributed by atoms with E-state index >= 15 is 0 Å². The number of nitrogens with zero attached hydrogens (tertiary/aromatic N) is 1. The molecule has 4 heteroatoms. The van der Waals surface area contributed by atoms with Crippen LogP contribution in [0.2, 0.25) is 0 Å². The van der Waals surface area contributed by atoms with E-state index in [1.54, 1.807) is 27.4 Å². The molecule has 4 nitrogen and oxygen atoms in total. The van der Waals surface area contributed by atoms with Crippen LogP contribution in [0.5, 0.6) is 17.2 Å². The summed E-state index contributed by atoms with van der Waals surface area (Å²) >= 11 is 0. The molecular formula is C19H19NO3. The van der Waals surface area contributed by atoms with Crippen LogP contribution in [-0.4, -0.2) is 21.3 Å². The van der Waals surface area contributed by atoms with Crippen LogP contribution in [0.3, 0.4) is 0 Å². The first-order valence-corrected chi connectivity index (χ1v) is 7.11. The predicted molar refractivity (Wildman–Crippen MR) is 90.9 cm³/mol. The van der Waals surface area contributed by atoms with E-state index in [9.17, 15) is 5.26 Å². The molecule has 0 heterocycles. The van der Waals surface area contributed by atoms with Gasteiger partial charge in [-0.05, 0) is 30.2 Å². The summed E-state index contributed by atoms with van der Waals surface area (Å²) < 4.78 is 16.0.